The highest BCUT2D eigenvalue weighted by atomic mass is 16.1. The number of hydrogen-bond acceptors (Lipinski definition) is 5. The molecule has 166 valence electrons. The number of amides is 1. The molecule has 0 unspecified atom stereocenters. The quantitative estimate of drug-likeness (QED) is 0.538. The van der Waals surface area contributed by atoms with Crippen LogP contribution in [0.1, 0.15) is 15.9 Å². The Hall–Kier alpha value is -3.51. The minimum Gasteiger partial charge on any atom is -0.399 e. The first-order valence-electron chi connectivity index (χ1n) is 11.1. The fraction of sp³-hybridized carbons (Fsp3) is 0.269. The van der Waals surface area contributed by atoms with Crippen molar-refractivity contribution >= 4 is 23.0 Å². The summed E-state index contributed by atoms with van der Waals surface area (Å²) in [4.78, 5) is 19.2. The summed E-state index contributed by atoms with van der Waals surface area (Å²) < 4.78 is 0. The molecule has 1 aliphatic rings. The molecule has 1 saturated heterocycles. The van der Waals surface area contributed by atoms with Gasteiger partial charge in [0, 0.05) is 62.9 Å². The fourth-order valence-corrected chi connectivity index (χ4v) is 4.22. The Kier molecular flexibility index (Phi) is 6.92. The largest absolute Gasteiger partial charge is 0.399 e. The molecule has 3 aromatic carbocycles. The van der Waals surface area contributed by atoms with E-state index in [2.05, 4.69) is 45.0 Å². The molecule has 0 spiro atoms. The number of carbonyl (C=O) groups excluding carboxylic acids is 1. The molecular formula is C26H31N5O. The summed E-state index contributed by atoms with van der Waals surface area (Å²) in [5.41, 5.74) is 16.1. The van der Waals surface area contributed by atoms with Gasteiger partial charge in [-0.05, 0) is 42.0 Å². The van der Waals surface area contributed by atoms with E-state index in [1.807, 2.05) is 42.5 Å². The van der Waals surface area contributed by atoms with Crippen LogP contribution in [0.4, 0.5) is 17.1 Å². The lowest BCUT2D eigenvalue weighted by atomic mass is 10.1. The van der Waals surface area contributed by atoms with Crippen molar-refractivity contribution in [3.63, 3.8) is 0 Å². The van der Waals surface area contributed by atoms with Crippen LogP contribution in [-0.2, 0) is 6.54 Å². The molecule has 0 atom stereocenters. The lowest BCUT2D eigenvalue weighted by Gasteiger charge is -2.37. The molecule has 0 saturated carbocycles. The van der Waals surface area contributed by atoms with E-state index >= 15 is 0 Å². The van der Waals surface area contributed by atoms with Crippen molar-refractivity contribution in [1.29, 1.82) is 0 Å². The van der Waals surface area contributed by atoms with Gasteiger partial charge in [-0.1, -0.05) is 42.5 Å². The van der Waals surface area contributed by atoms with Crippen LogP contribution in [0.5, 0.6) is 0 Å². The van der Waals surface area contributed by atoms with Crippen molar-refractivity contribution < 1.29 is 4.79 Å². The first-order valence-corrected chi connectivity index (χ1v) is 11.1. The zero-order chi connectivity index (χ0) is 22.3. The summed E-state index contributed by atoms with van der Waals surface area (Å²) in [6.07, 6.45) is 0. The second kappa shape index (κ2) is 10.2. The molecule has 0 aliphatic carbocycles. The molecule has 32 heavy (non-hydrogen) atoms. The van der Waals surface area contributed by atoms with Crippen LogP contribution in [0.3, 0.4) is 0 Å². The predicted molar refractivity (Wildman–Crippen MR) is 132 cm³/mol. The van der Waals surface area contributed by atoms with Crippen molar-refractivity contribution in [2.24, 2.45) is 5.73 Å². The third-order valence-corrected chi connectivity index (χ3v) is 6.04. The van der Waals surface area contributed by atoms with Crippen LogP contribution in [-0.4, -0.2) is 50.1 Å². The van der Waals surface area contributed by atoms with Gasteiger partial charge in [0.15, 0.2) is 0 Å². The number of hydrogen-bond donors (Lipinski definition) is 2. The maximum Gasteiger partial charge on any atom is 0.250 e. The highest BCUT2D eigenvalue weighted by molar-refractivity contribution is 5.98. The lowest BCUT2D eigenvalue weighted by molar-refractivity contribution is 0.100. The molecule has 1 heterocycles. The Morgan fingerprint density at radius 2 is 1.50 bits per heavy atom. The van der Waals surface area contributed by atoms with Crippen LogP contribution in [0.15, 0.2) is 78.9 Å². The first kappa shape index (κ1) is 21.7. The van der Waals surface area contributed by atoms with Gasteiger partial charge in [-0.2, -0.15) is 0 Å². The minimum absolute atomic E-state index is 0.403. The number of piperazine rings is 1. The van der Waals surface area contributed by atoms with Crippen LogP contribution in [0.2, 0.25) is 0 Å². The van der Waals surface area contributed by atoms with E-state index in [0.717, 1.165) is 56.2 Å². The Labute approximate surface area is 190 Å². The molecule has 4 N–H and O–H groups in total. The standard InChI is InChI=1S/C26H31N5O/c27-22-12-10-21(11-13-22)20-31(25-9-5-4-8-24(25)26(28)32)19-16-29-14-17-30(18-15-29)23-6-2-1-3-7-23/h1-13H,14-20,27H2,(H2,28,32). The van der Waals surface area contributed by atoms with Gasteiger partial charge in [0.1, 0.15) is 0 Å². The summed E-state index contributed by atoms with van der Waals surface area (Å²) in [5, 5.41) is 0. The minimum atomic E-state index is -0.403. The summed E-state index contributed by atoms with van der Waals surface area (Å²) >= 11 is 0. The van der Waals surface area contributed by atoms with E-state index in [1.165, 1.54) is 5.69 Å². The molecule has 4 rings (SSSR count). The van der Waals surface area contributed by atoms with Crippen LogP contribution < -0.4 is 21.3 Å². The topological polar surface area (TPSA) is 78.8 Å². The third kappa shape index (κ3) is 5.39. The van der Waals surface area contributed by atoms with E-state index in [-0.39, 0.29) is 0 Å². The van der Waals surface area contributed by atoms with Crippen molar-refractivity contribution in [2.45, 2.75) is 6.54 Å². The molecule has 1 aliphatic heterocycles. The maximum absolute atomic E-state index is 12.1. The summed E-state index contributed by atoms with van der Waals surface area (Å²) in [6, 6.07) is 26.1. The fourth-order valence-electron chi connectivity index (χ4n) is 4.22. The van der Waals surface area contributed by atoms with Gasteiger partial charge in [0.2, 0.25) is 0 Å². The zero-order valence-electron chi connectivity index (χ0n) is 18.4. The second-order valence-corrected chi connectivity index (χ2v) is 8.21. The Morgan fingerprint density at radius 1 is 0.844 bits per heavy atom. The van der Waals surface area contributed by atoms with E-state index in [4.69, 9.17) is 11.5 Å². The number of nitrogen functional groups attached to an aromatic ring is 1. The van der Waals surface area contributed by atoms with Crippen molar-refractivity contribution in [2.75, 3.05) is 54.8 Å². The van der Waals surface area contributed by atoms with E-state index < -0.39 is 5.91 Å². The summed E-state index contributed by atoms with van der Waals surface area (Å²) in [5.74, 6) is -0.403. The Morgan fingerprint density at radius 3 is 2.19 bits per heavy atom. The van der Waals surface area contributed by atoms with E-state index in [0.29, 0.717) is 12.1 Å². The van der Waals surface area contributed by atoms with E-state index in [9.17, 15) is 4.79 Å². The van der Waals surface area contributed by atoms with Gasteiger partial charge < -0.3 is 21.3 Å². The van der Waals surface area contributed by atoms with Gasteiger partial charge in [-0.3, -0.25) is 9.69 Å². The number of nitrogens with two attached hydrogens (primary N) is 2. The zero-order valence-corrected chi connectivity index (χ0v) is 18.4. The second-order valence-electron chi connectivity index (χ2n) is 8.21. The predicted octanol–water partition coefficient (Wildman–Crippen LogP) is 3.20. The maximum atomic E-state index is 12.1. The molecule has 6 nitrogen and oxygen atoms in total. The summed E-state index contributed by atoms with van der Waals surface area (Å²) in [7, 11) is 0. The third-order valence-electron chi connectivity index (χ3n) is 6.04. The SMILES string of the molecule is NC(=O)c1ccccc1N(CCN1CCN(c2ccccc2)CC1)Cc1ccc(N)cc1. The van der Waals surface area contributed by atoms with Crippen LogP contribution in [0.25, 0.3) is 0 Å². The molecule has 1 amide bonds. The van der Waals surface area contributed by atoms with Crippen molar-refractivity contribution in [3.05, 3.63) is 90.0 Å². The van der Waals surface area contributed by atoms with Gasteiger partial charge in [0.25, 0.3) is 5.91 Å². The highest BCUT2D eigenvalue weighted by Crippen LogP contribution is 2.23. The average Bonchev–Trinajstić information content (AvgIpc) is 2.84. The molecule has 0 bridgehead atoms. The normalized spacial score (nSPS) is 14.3. The van der Waals surface area contributed by atoms with Gasteiger partial charge >= 0.3 is 0 Å². The smallest absolute Gasteiger partial charge is 0.250 e. The van der Waals surface area contributed by atoms with Crippen LogP contribution >= 0.6 is 0 Å². The molecule has 3 aromatic rings. The lowest BCUT2D eigenvalue weighted by Crippen LogP contribution is -2.48. The number of nitrogens with zero attached hydrogens (tertiary/aromatic N) is 3. The van der Waals surface area contributed by atoms with Crippen molar-refractivity contribution in [1.82, 2.24) is 4.90 Å². The van der Waals surface area contributed by atoms with Crippen LogP contribution in [0, 0.1) is 0 Å². The number of anilines is 3. The first-order chi connectivity index (χ1) is 15.6. The number of rotatable bonds is 8. The Balaban J connectivity index is 1.44. The monoisotopic (exact) mass is 429 g/mol. The van der Waals surface area contributed by atoms with Gasteiger partial charge in [0.05, 0.1) is 5.56 Å². The highest BCUT2D eigenvalue weighted by Gasteiger charge is 2.20. The number of primary amides is 1. The number of para-hydroxylation sites is 2. The average molecular weight is 430 g/mol. The molecular weight excluding hydrogens is 398 g/mol. The number of carbonyl (C=O) groups is 1. The van der Waals surface area contributed by atoms with Crippen molar-refractivity contribution in [3.8, 4) is 0 Å². The summed E-state index contributed by atoms with van der Waals surface area (Å²) in [6.45, 7) is 6.48. The molecule has 6 heteroatoms. The molecule has 0 aromatic heterocycles. The Bertz CT molecular complexity index is 1010. The van der Waals surface area contributed by atoms with Gasteiger partial charge in [-0.25, -0.2) is 0 Å². The number of benzene rings is 3. The molecule has 0 radical (unpaired) electrons. The molecule has 1 fully saturated rings. The van der Waals surface area contributed by atoms with Gasteiger partial charge in [-0.15, -0.1) is 0 Å². The van der Waals surface area contributed by atoms with E-state index in [1.54, 1.807) is 6.07 Å².